The quantitative estimate of drug-likeness (QED) is 0.381. The fourth-order valence-electron chi connectivity index (χ4n) is 3.38. The molecule has 1 aliphatic rings. The minimum atomic E-state index is -0.990. The van der Waals surface area contributed by atoms with Gasteiger partial charge in [-0.3, -0.25) is 24.6 Å². The number of hydrogen-bond donors (Lipinski definition) is 2. The first kappa shape index (κ1) is 23.4. The number of hydrogen-bond acceptors (Lipinski definition) is 6. The molecule has 5 amide bonds. The van der Waals surface area contributed by atoms with Crippen molar-refractivity contribution in [3.8, 4) is 17.2 Å². The van der Waals surface area contributed by atoms with Crippen molar-refractivity contribution in [1.82, 2.24) is 15.5 Å². The molecule has 1 heterocycles. The highest BCUT2D eigenvalue weighted by Gasteiger charge is 2.36. The standard InChI is InChI=1S/C25H20FN3O6/c1-34-21-11-4-16(14-29-24(32)23(31)28-25(29)33)12-20(21)22(30)27-13-15-2-7-18(8-3-15)35-19-9-5-17(26)6-10-19/h2-12H,13-14H2,1H3,(H,27,30)(H,28,31,33). The summed E-state index contributed by atoms with van der Waals surface area (Å²) in [6.07, 6.45) is 0. The molecular weight excluding hydrogens is 457 g/mol. The molecule has 0 saturated carbocycles. The number of methoxy groups -OCH3 is 1. The van der Waals surface area contributed by atoms with Crippen molar-refractivity contribution in [1.29, 1.82) is 0 Å². The lowest BCUT2D eigenvalue weighted by Gasteiger charge is -2.14. The van der Waals surface area contributed by atoms with Gasteiger partial charge in [-0.2, -0.15) is 0 Å². The Morgan fingerprint density at radius 1 is 0.943 bits per heavy atom. The first-order valence-electron chi connectivity index (χ1n) is 10.5. The summed E-state index contributed by atoms with van der Waals surface area (Å²) in [7, 11) is 1.42. The van der Waals surface area contributed by atoms with Crippen LogP contribution in [-0.4, -0.2) is 35.8 Å². The van der Waals surface area contributed by atoms with E-state index in [-0.39, 0.29) is 24.5 Å². The van der Waals surface area contributed by atoms with Crippen LogP contribution in [0.5, 0.6) is 17.2 Å². The molecule has 1 fully saturated rings. The average molecular weight is 477 g/mol. The molecule has 1 aliphatic heterocycles. The van der Waals surface area contributed by atoms with E-state index < -0.39 is 23.8 Å². The molecular formula is C25H20FN3O6. The van der Waals surface area contributed by atoms with E-state index in [2.05, 4.69) is 5.32 Å². The Morgan fingerprint density at radius 2 is 1.57 bits per heavy atom. The van der Waals surface area contributed by atoms with Gasteiger partial charge in [0.25, 0.3) is 5.91 Å². The number of rotatable bonds is 8. The highest BCUT2D eigenvalue weighted by molar-refractivity contribution is 6.44. The Bertz CT molecular complexity index is 1290. The Morgan fingerprint density at radius 3 is 2.17 bits per heavy atom. The summed E-state index contributed by atoms with van der Waals surface area (Å²) < 4.78 is 23.9. The molecule has 10 heteroatoms. The third-order valence-corrected chi connectivity index (χ3v) is 5.18. The van der Waals surface area contributed by atoms with Crippen LogP contribution < -0.4 is 20.1 Å². The van der Waals surface area contributed by atoms with Crippen molar-refractivity contribution < 1.29 is 33.0 Å². The minimum Gasteiger partial charge on any atom is -0.496 e. The highest BCUT2D eigenvalue weighted by atomic mass is 19.1. The summed E-state index contributed by atoms with van der Waals surface area (Å²) in [6, 6.07) is 16.5. The predicted molar refractivity (Wildman–Crippen MR) is 121 cm³/mol. The zero-order valence-electron chi connectivity index (χ0n) is 18.5. The number of carbonyl (C=O) groups is 4. The molecule has 35 heavy (non-hydrogen) atoms. The zero-order valence-corrected chi connectivity index (χ0v) is 18.5. The Hall–Kier alpha value is -4.73. The molecule has 0 bridgehead atoms. The van der Waals surface area contributed by atoms with Gasteiger partial charge in [0.2, 0.25) is 0 Å². The SMILES string of the molecule is COc1ccc(CN2C(=O)NC(=O)C2=O)cc1C(=O)NCc1ccc(Oc2ccc(F)cc2)cc1. The number of carbonyl (C=O) groups excluding carboxylic acids is 4. The van der Waals surface area contributed by atoms with Gasteiger partial charge in [-0.15, -0.1) is 0 Å². The van der Waals surface area contributed by atoms with Crippen molar-refractivity contribution in [3.63, 3.8) is 0 Å². The smallest absolute Gasteiger partial charge is 0.331 e. The topological polar surface area (TPSA) is 114 Å². The zero-order chi connectivity index (χ0) is 24.9. The molecule has 0 radical (unpaired) electrons. The van der Waals surface area contributed by atoms with E-state index in [1.165, 1.54) is 37.4 Å². The van der Waals surface area contributed by atoms with Gasteiger partial charge in [0, 0.05) is 6.54 Å². The van der Waals surface area contributed by atoms with Crippen LogP contribution in [0.15, 0.2) is 66.7 Å². The molecule has 9 nitrogen and oxygen atoms in total. The van der Waals surface area contributed by atoms with Crippen LogP contribution in [0.3, 0.4) is 0 Å². The van der Waals surface area contributed by atoms with Crippen LogP contribution >= 0.6 is 0 Å². The van der Waals surface area contributed by atoms with E-state index in [1.54, 1.807) is 36.4 Å². The second-order valence-electron chi connectivity index (χ2n) is 7.57. The van der Waals surface area contributed by atoms with Crippen LogP contribution in [-0.2, 0) is 22.7 Å². The minimum absolute atomic E-state index is 0.170. The highest BCUT2D eigenvalue weighted by Crippen LogP contribution is 2.23. The summed E-state index contributed by atoms with van der Waals surface area (Å²) >= 11 is 0. The third-order valence-electron chi connectivity index (χ3n) is 5.18. The van der Waals surface area contributed by atoms with Crippen LogP contribution in [0.25, 0.3) is 0 Å². The largest absolute Gasteiger partial charge is 0.496 e. The number of urea groups is 1. The average Bonchev–Trinajstić information content (AvgIpc) is 3.10. The number of amides is 5. The normalized spacial score (nSPS) is 13.0. The van der Waals surface area contributed by atoms with Gasteiger partial charge >= 0.3 is 17.8 Å². The Kier molecular flexibility index (Phi) is 6.72. The van der Waals surface area contributed by atoms with E-state index >= 15 is 0 Å². The van der Waals surface area contributed by atoms with Crippen molar-refractivity contribution in [3.05, 3.63) is 89.2 Å². The van der Waals surface area contributed by atoms with E-state index in [0.717, 1.165) is 10.5 Å². The lowest BCUT2D eigenvalue weighted by atomic mass is 10.1. The molecule has 0 aliphatic carbocycles. The van der Waals surface area contributed by atoms with E-state index in [0.29, 0.717) is 22.8 Å². The van der Waals surface area contributed by atoms with Crippen molar-refractivity contribution >= 4 is 23.8 Å². The van der Waals surface area contributed by atoms with Gasteiger partial charge in [0.15, 0.2) is 0 Å². The van der Waals surface area contributed by atoms with Gasteiger partial charge in [-0.05, 0) is 59.7 Å². The number of nitrogens with one attached hydrogen (secondary N) is 2. The predicted octanol–water partition coefficient (Wildman–Crippen LogP) is 3.14. The summed E-state index contributed by atoms with van der Waals surface area (Å²) in [5.74, 6) is -1.36. The Labute approximate surface area is 199 Å². The van der Waals surface area contributed by atoms with Gasteiger partial charge in [0.05, 0.1) is 19.2 Å². The summed E-state index contributed by atoms with van der Waals surface area (Å²) in [6.45, 7) is 0.0424. The maximum Gasteiger partial charge on any atom is 0.331 e. The van der Waals surface area contributed by atoms with Gasteiger partial charge in [-0.1, -0.05) is 18.2 Å². The van der Waals surface area contributed by atoms with E-state index in [9.17, 15) is 23.6 Å². The summed E-state index contributed by atoms with van der Waals surface area (Å²) in [5.41, 5.74) is 1.48. The van der Waals surface area contributed by atoms with Crippen LogP contribution in [0.2, 0.25) is 0 Å². The van der Waals surface area contributed by atoms with Gasteiger partial charge in [-0.25, -0.2) is 9.18 Å². The molecule has 2 N–H and O–H groups in total. The molecule has 0 unspecified atom stereocenters. The molecule has 0 aromatic heterocycles. The van der Waals surface area contributed by atoms with Crippen molar-refractivity contribution in [2.45, 2.75) is 13.1 Å². The summed E-state index contributed by atoms with van der Waals surface area (Å²) in [5, 5.41) is 4.72. The maximum atomic E-state index is 13.0. The lowest BCUT2D eigenvalue weighted by Crippen LogP contribution is -2.30. The van der Waals surface area contributed by atoms with Crippen LogP contribution in [0, 0.1) is 5.82 Å². The van der Waals surface area contributed by atoms with Crippen molar-refractivity contribution in [2.24, 2.45) is 0 Å². The number of nitrogens with zero attached hydrogens (tertiary/aromatic N) is 1. The molecule has 0 atom stereocenters. The number of benzene rings is 3. The second kappa shape index (κ2) is 10.0. The first-order chi connectivity index (χ1) is 16.8. The lowest BCUT2D eigenvalue weighted by molar-refractivity contribution is -0.140. The molecule has 3 aromatic carbocycles. The van der Waals surface area contributed by atoms with Crippen LogP contribution in [0.4, 0.5) is 9.18 Å². The number of halogens is 1. The van der Waals surface area contributed by atoms with E-state index in [1.807, 2.05) is 5.32 Å². The third kappa shape index (κ3) is 5.44. The first-order valence-corrected chi connectivity index (χ1v) is 10.5. The van der Waals surface area contributed by atoms with E-state index in [4.69, 9.17) is 9.47 Å². The number of ether oxygens (including phenoxy) is 2. The maximum absolute atomic E-state index is 13.0. The van der Waals surface area contributed by atoms with Gasteiger partial charge in [0.1, 0.15) is 23.1 Å². The molecule has 0 spiro atoms. The second-order valence-corrected chi connectivity index (χ2v) is 7.57. The molecule has 3 aromatic rings. The van der Waals surface area contributed by atoms with Crippen molar-refractivity contribution in [2.75, 3.05) is 7.11 Å². The molecule has 1 saturated heterocycles. The number of imide groups is 2. The molecule has 4 rings (SSSR count). The van der Waals surface area contributed by atoms with Gasteiger partial charge < -0.3 is 14.8 Å². The fraction of sp³-hybridized carbons (Fsp3) is 0.120. The Balaban J connectivity index is 1.40. The fourth-order valence-corrected chi connectivity index (χ4v) is 3.38. The monoisotopic (exact) mass is 477 g/mol. The summed E-state index contributed by atoms with van der Waals surface area (Å²) in [4.78, 5) is 48.6. The van der Waals surface area contributed by atoms with Crippen LogP contribution in [0.1, 0.15) is 21.5 Å². The molecule has 178 valence electrons.